The number of rotatable bonds is 16. The van der Waals surface area contributed by atoms with Gasteiger partial charge in [0.05, 0.1) is 11.8 Å². The highest BCUT2D eigenvalue weighted by molar-refractivity contribution is 8.03. The van der Waals surface area contributed by atoms with Crippen LogP contribution in [0.25, 0.3) is 0 Å². The maximum atomic E-state index is 11.9. The molecule has 1 aliphatic heterocycles. The molecule has 224 valence electrons. The first-order valence-corrected chi connectivity index (χ1v) is 16.0. The van der Waals surface area contributed by atoms with Gasteiger partial charge in [0.1, 0.15) is 12.7 Å². The van der Waals surface area contributed by atoms with Crippen LogP contribution >= 0.6 is 46.8 Å². The van der Waals surface area contributed by atoms with Gasteiger partial charge in [-0.2, -0.15) is 0 Å². The average Bonchev–Trinajstić information content (AvgIpc) is 3.11. The van der Waals surface area contributed by atoms with Gasteiger partial charge in [-0.3, -0.25) is 19.2 Å². The lowest BCUT2D eigenvalue weighted by atomic mass is 9.85. The predicted octanol–water partition coefficient (Wildman–Crippen LogP) is 8.10. The number of amides is 2. The molecule has 0 aromatic carbocycles. The number of nitrogens with zero attached hydrogens (tertiary/aromatic N) is 1. The number of alkyl halides is 3. The number of esters is 2. The Kier molecular flexibility index (Phi) is 18.5. The molecule has 1 heterocycles. The van der Waals surface area contributed by atoms with E-state index in [4.69, 9.17) is 44.3 Å². The second-order valence-corrected chi connectivity index (χ2v) is 14.1. The van der Waals surface area contributed by atoms with Crippen molar-refractivity contribution in [2.75, 3.05) is 6.61 Å². The molecule has 1 saturated heterocycles. The van der Waals surface area contributed by atoms with Crippen molar-refractivity contribution in [3.05, 3.63) is 12.2 Å². The quantitative estimate of drug-likeness (QED) is 0.0426. The van der Waals surface area contributed by atoms with Crippen LogP contribution in [-0.4, -0.2) is 43.9 Å². The molecule has 3 unspecified atom stereocenters. The molecule has 0 saturated carbocycles. The largest absolute Gasteiger partial charge is 0.462 e. The van der Waals surface area contributed by atoms with E-state index in [-0.39, 0.29) is 48.3 Å². The number of imide groups is 1. The summed E-state index contributed by atoms with van der Waals surface area (Å²) in [5, 5.41) is 0. The van der Waals surface area contributed by atoms with E-state index in [0.717, 1.165) is 30.0 Å². The monoisotopic (exact) mass is 627 g/mol. The summed E-state index contributed by atoms with van der Waals surface area (Å²) in [6.45, 7) is 6.27. The molecular formula is C28H44Cl3NO6S. The van der Waals surface area contributed by atoms with Crippen LogP contribution < -0.4 is 0 Å². The molecular weight excluding hydrogens is 585 g/mol. The Bertz CT molecular complexity index is 779. The lowest BCUT2D eigenvalue weighted by molar-refractivity contribution is -0.158. The minimum Gasteiger partial charge on any atom is -0.462 e. The highest BCUT2D eigenvalue weighted by Gasteiger charge is 2.49. The lowest BCUT2D eigenvalue weighted by Crippen LogP contribution is -2.26. The summed E-state index contributed by atoms with van der Waals surface area (Å²) in [5.74, 6) is -1.45. The van der Waals surface area contributed by atoms with Crippen LogP contribution in [0.4, 0.5) is 0 Å². The molecule has 2 amide bonds. The van der Waals surface area contributed by atoms with E-state index < -0.39 is 3.12 Å². The van der Waals surface area contributed by atoms with Crippen molar-refractivity contribution in [2.45, 2.75) is 120 Å². The molecule has 11 heteroatoms. The number of unbranched alkanes of at least 4 members (excludes halogenated alkanes) is 8. The van der Waals surface area contributed by atoms with E-state index in [1.807, 2.05) is 12.2 Å². The second-order valence-electron chi connectivity index (χ2n) is 9.98. The fourth-order valence-electron chi connectivity index (χ4n) is 4.31. The molecule has 3 atom stereocenters. The van der Waals surface area contributed by atoms with Gasteiger partial charge in [0, 0.05) is 24.8 Å². The Morgan fingerprint density at radius 3 is 1.79 bits per heavy atom. The molecule has 2 aliphatic rings. The predicted molar refractivity (Wildman–Crippen MR) is 158 cm³/mol. The fourth-order valence-corrected chi connectivity index (χ4v) is 5.59. The van der Waals surface area contributed by atoms with Gasteiger partial charge < -0.3 is 9.47 Å². The topological polar surface area (TPSA) is 90.0 Å². The number of carbonyl (C=O) groups is 4. The molecule has 2 rings (SSSR count). The van der Waals surface area contributed by atoms with E-state index in [1.165, 1.54) is 38.5 Å². The number of allylic oxidation sites excluding steroid dienone is 2. The molecule has 0 spiro atoms. The van der Waals surface area contributed by atoms with Crippen LogP contribution in [-0.2, 0) is 28.7 Å². The summed E-state index contributed by atoms with van der Waals surface area (Å²) in [5.41, 5.74) is 0. The Balaban J connectivity index is 0.000000412. The SMILES string of the molecule is CCCCCCCC(=O)OCC(C)OC(=O)CCCCCCC.O=C1C2CC=CCC2C(=O)N1SC(Cl)(Cl)Cl. The summed E-state index contributed by atoms with van der Waals surface area (Å²) in [7, 11) is 0. The molecule has 7 nitrogen and oxygen atoms in total. The van der Waals surface area contributed by atoms with Crippen molar-refractivity contribution >= 4 is 70.5 Å². The lowest BCUT2D eigenvalue weighted by Gasteiger charge is -2.17. The molecule has 39 heavy (non-hydrogen) atoms. The van der Waals surface area contributed by atoms with Crippen molar-refractivity contribution in [2.24, 2.45) is 11.8 Å². The van der Waals surface area contributed by atoms with Gasteiger partial charge in [-0.15, -0.1) is 0 Å². The first kappa shape index (κ1) is 36.1. The summed E-state index contributed by atoms with van der Waals surface area (Å²) < 4.78 is 9.71. The van der Waals surface area contributed by atoms with Crippen molar-refractivity contribution < 1.29 is 28.7 Å². The Labute approximate surface area is 253 Å². The zero-order valence-corrected chi connectivity index (χ0v) is 26.5. The number of hydrogen-bond donors (Lipinski definition) is 0. The third kappa shape index (κ3) is 15.6. The normalized spacial score (nSPS) is 19.3. The third-order valence-electron chi connectivity index (χ3n) is 6.44. The zero-order valence-electron chi connectivity index (χ0n) is 23.4. The van der Waals surface area contributed by atoms with Crippen LogP contribution in [0.2, 0.25) is 0 Å². The smallest absolute Gasteiger partial charge is 0.306 e. The summed E-state index contributed by atoms with van der Waals surface area (Å²) >= 11 is 17.4. The van der Waals surface area contributed by atoms with Gasteiger partial charge in [0.25, 0.3) is 3.12 Å². The molecule has 1 aliphatic carbocycles. The van der Waals surface area contributed by atoms with Gasteiger partial charge in [0.15, 0.2) is 0 Å². The molecule has 0 bridgehead atoms. The van der Waals surface area contributed by atoms with Crippen molar-refractivity contribution in [3.63, 3.8) is 0 Å². The Hall–Kier alpha value is -0.960. The standard InChI is InChI=1S/C19H36O4.C9H8Cl3NO2S/c1-4-6-8-10-12-14-18(20)22-16-17(3)23-19(21)15-13-11-9-7-5-2;10-9(11,12)16-13-7(14)5-3-1-2-4-6(5)8(13)15/h17H,4-16H2,1-3H3;1-2,5-6H,3-4H2. The van der Waals surface area contributed by atoms with E-state index >= 15 is 0 Å². The molecule has 1 fully saturated rings. The Morgan fingerprint density at radius 2 is 1.33 bits per heavy atom. The van der Waals surface area contributed by atoms with Crippen molar-refractivity contribution in [1.82, 2.24) is 4.31 Å². The number of hydrogen-bond acceptors (Lipinski definition) is 7. The van der Waals surface area contributed by atoms with E-state index in [2.05, 4.69) is 13.8 Å². The number of fused-ring (bicyclic) bond motifs is 1. The van der Waals surface area contributed by atoms with Gasteiger partial charge >= 0.3 is 11.9 Å². The summed E-state index contributed by atoms with van der Waals surface area (Å²) in [4.78, 5) is 47.0. The number of carbonyl (C=O) groups excluding carboxylic acids is 4. The summed E-state index contributed by atoms with van der Waals surface area (Å²) in [6.07, 6.45) is 16.7. The molecule has 0 radical (unpaired) electrons. The van der Waals surface area contributed by atoms with Crippen LogP contribution in [0.3, 0.4) is 0 Å². The fraction of sp³-hybridized carbons (Fsp3) is 0.786. The average molecular weight is 629 g/mol. The van der Waals surface area contributed by atoms with Crippen LogP contribution in [0.15, 0.2) is 12.2 Å². The van der Waals surface area contributed by atoms with Gasteiger partial charge in [-0.25, -0.2) is 4.31 Å². The highest BCUT2D eigenvalue weighted by Crippen LogP contribution is 2.46. The maximum Gasteiger partial charge on any atom is 0.306 e. The van der Waals surface area contributed by atoms with Gasteiger partial charge in [0.2, 0.25) is 11.8 Å². The first-order chi connectivity index (χ1) is 18.5. The third-order valence-corrected chi connectivity index (χ3v) is 7.81. The molecule has 0 aromatic heterocycles. The molecule has 0 N–H and O–H groups in total. The summed E-state index contributed by atoms with van der Waals surface area (Å²) in [6, 6.07) is 0. The van der Waals surface area contributed by atoms with E-state index in [1.54, 1.807) is 6.92 Å². The zero-order chi connectivity index (χ0) is 29.3. The van der Waals surface area contributed by atoms with Gasteiger partial charge in [-0.1, -0.05) is 112 Å². The Morgan fingerprint density at radius 1 is 0.872 bits per heavy atom. The van der Waals surface area contributed by atoms with E-state index in [9.17, 15) is 19.2 Å². The van der Waals surface area contributed by atoms with Crippen LogP contribution in [0, 0.1) is 11.8 Å². The minimum absolute atomic E-state index is 0.162. The van der Waals surface area contributed by atoms with Crippen LogP contribution in [0.5, 0.6) is 0 Å². The minimum atomic E-state index is -1.69. The number of ether oxygens (including phenoxy) is 2. The first-order valence-electron chi connectivity index (χ1n) is 14.1. The van der Waals surface area contributed by atoms with Crippen molar-refractivity contribution in [3.8, 4) is 0 Å². The second kappa shape index (κ2) is 20.0. The van der Waals surface area contributed by atoms with Gasteiger partial charge in [-0.05, 0) is 32.6 Å². The van der Waals surface area contributed by atoms with E-state index in [0.29, 0.717) is 37.6 Å². The number of halogens is 3. The van der Waals surface area contributed by atoms with Crippen LogP contribution in [0.1, 0.15) is 111 Å². The molecule has 0 aromatic rings. The maximum absolute atomic E-state index is 11.9. The highest BCUT2D eigenvalue weighted by atomic mass is 35.6. The van der Waals surface area contributed by atoms with Crippen molar-refractivity contribution in [1.29, 1.82) is 0 Å².